The molecule has 4 heteroatoms. The van der Waals surface area contributed by atoms with Crippen LogP contribution in [0.25, 0.3) is 0 Å². The molecular formula is C5H15N2O2+. The summed E-state index contributed by atoms with van der Waals surface area (Å²) in [7, 11) is 8.70. The van der Waals surface area contributed by atoms with Crippen LogP contribution in [0.4, 0.5) is 0 Å². The molecule has 0 aliphatic carbocycles. The van der Waals surface area contributed by atoms with Crippen LogP contribution in [0.2, 0.25) is 0 Å². The van der Waals surface area contributed by atoms with E-state index in [0.29, 0.717) is 0 Å². The maximum atomic E-state index is 4.99. The molecule has 0 rings (SSSR count). The average molecular weight is 135 g/mol. The minimum atomic E-state index is 0.0278. The first-order valence-corrected chi connectivity index (χ1v) is 2.72. The molecule has 0 N–H and O–H groups in total. The van der Waals surface area contributed by atoms with E-state index in [9.17, 15) is 0 Å². The van der Waals surface area contributed by atoms with Gasteiger partial charge in [0.2, 0.25) is 0 Å². The average Bonchev–Trinajstić information content (AvgIpc) is 1.86. The van der Waals surface area contributed by atoms with Crippen molar-refractivity contribution < 1.29 is 14.6 Å². The minimum Gasteiger partial charge on any atom is -0.150 e. The first-order chi connectivity index (χ1) is 4.06. The van der Waals surface area contributed by atoms with E-state index in [1.165, 1.54) is 0 Å². The normalized spacial score (nSPS) is 12.7. The maximum Gasteiger partial charge on any atom is 0.153 e. The van der Waals surface area contributed by atoms with Crippen LogP contribution in [0.5, 0.6) is 0 Å². The molecule has 4 nitrogen and oxygen atoms in total. The molecule has 0 radical (unpaired) electrons. The van der Waals surface area contributed by atoms with Gasteiger partial charge >= 0.3 is 0 Å². The van der Waals surface area contributed by atoms with Gasteiger partial charge in [0.25, 0.3) is 0 Å². The Morgan fingerprint density at radius 2 is 1.44 bits per heavy atom. The molecule has 0 aliphatic rings. The Kier molecular flexibility index (Phi) is 3.07. The fraction of sp³-hybridized carbons (Fsp3) is 1.00. The molecule has 0 aromatic rings. The molecule has 0 spiro atoms. The van der Waals surface area contributed by atoms with Crippen molar-refractivity contribution in [2.45, 2.75) is 0 Å². The topological polar surface area (TPSA) is 21.7 Å². The summed E-state index contributed by atoms with van der Waals surface area (Å²) in [5.41, 5.74) is 0. The van der Waals surface area contributed by atoms with Crippen LogP contribution in [0.3, 0.4) is 0 Å². The zero-order valence-electron chi connectivity index (χ0n) is 6.71. The molecule has 0 amide bonds. The number of hydrogen-bond acceptors (Lipinski definition) is 3. The molecule has 0 aliphatic heterocycles. The van der Waals surface area contributed by atoms with Gasteiger partial charge in [-0.15, -0.1) is 9.68 Å². The van der Waals surface area contributed by atoms with E-state index in [2.05, 4.69) is 0 Å². The van der Waals surface area contributed by atoms with E-state index in [-0.39, 0.29) is 4.92 Å². The second-order valence-corrected chi connectivity index (χ2v) is 2.02. The summed E-state index contributed by atoms with van der Waals surface area (Å²) < 4.78 is 0. The summed E-state index contributed by atoms with van der Waals surface area (Å²) in [5, 5.41) is 1.79. The van der Waals surface area contributed by atoms with Gasteiger partial charge in [-0.25, -0.2) is 0 Å². The lowest BCUT2D eigenvalue weighted by atomic mass is 11.1. The zero-order valence-corrected chi connectivity index (χ0v) is 6.71. The summed E-state index contributed by atoms with van der Waals surface area (Å²) in [6, 6.07) is 0. The minimum absolute atomic E-state index is 0.0278. The predicted molar refractivity (Wildman–Crippen MR) is 33.9 cm³/mol. The second kappa shape index (κ2) is 3.12. The first-order valence-electron chi connectivity index (χ1n) is 2.72. The highest BCUT2D eigenvalue weighted by atomic mass is 17.0. The third-order valence-electron chi connectivity index (χ3n) is 1.40. The van der Waals surface area contributed by atoms with Crippen LogP contribution < -0.4 is 0 Å². The Morgan fingerprint density at radius 3 is 1.44 bits per heavy atom. The van der Waals surface area contributed by atoms with Gasteiger partial charge in [-0.2, -0.15) is 0 Å². The lowest BCUT2D eigenvalue weighted by molar-refractivity contribution is -1.30. The SMILES string of the molecule is CO[N+](C)(OC)N(C)C. The summed E-state index contributed by atoms with van der Waals surface area (Å²) in [6.07, 6.45) is 0. The lowest BCUT2D eigenvalue weighted by Gasteiger charge is -2.29. The third-order valence-corrected chi connectivity index (χ3v) is 1.40. The molecule has 0 atom stereocenters. The Labute approximate surface area is 56.0 Å². The van der Waals surface area contributed by atoms with Crippen molar-refractivity contribution in [2.75, 3.05) is 35.4 Å². The lowest BCUT2D eigenvalue weighted by Crippen LogP contribution is -2.51. The molecule has 0 heterocycles. The van der Waals surface area contributed by atoms with Crippen molar-refractivity contribution in [1.82, 2.24) is 5.01 Å². The van der Waals surface area contributed by atoms with Gasteiger partial charge in [0, 0.05) is 19.0 Å². The molecule has 9 heavy (non-hydrogen) atoms. The van der Waals surface area contributed by atoms with Gasteiger partial charge in [-0.05, 0) is 0 Å². The highest BCUT2D eigenvalue weighted by Crippen LogP contribution is 2.03. The van der Waals surface area contributed by atoms with Crippen molar-refractivity contribution in [3.8, 4) is 0 Å². The molecule has 0 saturated carbocycles. The van der Waals surface area contributed by atoms with Gasteiger partial charge in [0.05, 0.1) is 0 Å². The van der Waals surface area contributed by atoms with Gasteiger partial charge in [0.15, 0.2) is 7.05 Å². The zero-order chi connectivity index (χ0) is 7.49. The quantitative estimate of drug-likeness (QED) is 0.402. The molecule has 0 unspecified atom stereocenters. The second-order valence-electron chi connectivity index (χ2n) is 2.02. The van der Waals surface area contributed by atoms with E-state index >= 15 is 0 Å². The Hall–Kier alpha value is -0.160. The highest BCUT2D eigenvalue weighted by Gasteiger charge is 2.25. The maximum absolute atomic E-state index is 4.99. The van der Waals surface area contributed by atoms with Crippen LogP contribution in [0, 0.1) is 0 Å². The number of hydrogen-bond donors (Lipinski definition) is 0. The van der Waals surface area contributed by atoms with Crippen molar-refractivity contribution >= 4 is 0 Å². The highest BCUT2D eigenvalue weighted by molar-refractivity contribution is 3.99. The first kappa shape index (κ1) is 8.84. The number of quaternary nitrogens is 1. The Bertz CT molecular complexity index is 81.0. The summed E-state index contributed by atoms with van der Waals surface area (Å²) in [6.45, 7) is 0. The van der Waals surface area contributed by atoms with Crippen molar-refractivity contribution in [3.63, 3.8) is 0 Å². The molecule has 0 fully saturated rings. The predicted octanol–water partition coefficient (Wildman–Crippen LogP) is 0.0324. The monoisotopic (exact) mass is 135 g/mol. The molecule has 0 saturated heterocycles. The summed E-state index contributed by atoms with van der Waals surface area (Å²) in [5.74, 6) is 0. The molecule has 0 aromatic carbocycles. The van der Waals surface area contributed by atoms with Crippen molar-refractivity contribution in [3.05, 3.63) is 0 Å². The van der Waals surface area contributed by atoms with Crippen LogP contribution in [0.1, 0.15) is 0 Å². The molecule has 0 aromatic heterocycles. The van der Waals surface area contributed by atoms with Crippen LogP contribution in [0.15, 0.2) is 0 Å². The van der Waals surface area contributed by atoms with E-state index in [0.717, 1.165) is 0 Å². The van der Waals surface area contributed by atoms with Gasteiger partial charge in [-0.1, -0.05) is 5.01 Å². The standard InChI is InChI=1S/C5H15N2O2/c1-6(2)7(3,8-4)9-5/h1-5H3/q+1. The molecule has 0 bridgehead atoms. The van der Waals surface area contributed by atoms with E-state index < -0.39 is 0 Å². The van der Waals surface area contributed by atoms with E-state index in [1.54, 1.807) is 26.3 Å². The van der Waals surface area contributed by atoms with Gasteiger partial charge < -0.3 is 0 Å². The smallest absolute Gasteiger partial charge is 0.150 e. The van der Waals surface area contributed by atoms with E-state index in [1.807, 2.05) is 14.1 Å². The number of rotatable bonds is 3. The summed E-state index contributed by atoms with van der Waals surface area (Å²) in [4.78, 5) is 10.0. The number of nitrogens with zero attached hydrogens (tertiary/aromatic N) is 2. The van der Waals surface area contributed by atoms with Crippen LogP contribution in [-0.2, 0) is 9.68 Å². The van der Waals surface area contributed by atoms with Crippen LogP contribution in [-0.4, -0.2) is 45.3 Å². The van der Waals surface area contributed by atoms with Gasteiger partial charge in [0.1, 0.15) is 14.2 Å². The Morgan fingerprint density at radius 1 is 1.11 bits per heavy atom. The fourth-order valence-corrected chi connectivity index (χ4v) is 0.401. The molecular weight excluding hydrogens is 120 g/mol. The molecule has 56 valence electrons. The Balaban J connectivity index is 3.92. The fourth-order valence-electron chi connectivity index (χ4n) is 0.401. The van der Waals surface area contributed by atoms with Crippen molar-refractivity contribution in [2.24, 2.45) is 0 Å². The van der Waals surface area contributed by atoms with Crippen LogP contribution >= 0.6 is 0 Å². The summed E-state index contributed by atoms with van der Waals surface area (Å²) >= 11 is 0. The van der Waals surface area contributed by atoms with Crippen molar-refractivity contribution in [1.29, 1.82) is 0 Å². The number of hydroxylamine groups is 2. The van der Waals surface area contributed by atoms with E-state index in [4.69, 9.17) is 9.68 Å². The van der Waals surface area contributed by atoms with Gasteiger partial charge in [-0.3, -0.25) is 0 Å². The third kappa shape index (κ3) is 1.91. The largest absolute Gasteiger partial charge is 0.153 e.